The molecule has 1 nitrogen and oxygen atoms in total. The molecule has 1 heterocycles. The molecule has 1 saturated carbocycles. The minimum absolute atomic E-state index is 0.582. The number of rotatable bonds is 7. The number of thiophene rings is 1. The molecule has 21 heavy (non-hydrogen) atoms. The first-order chi connectivity index (χ1) is 10.3. The first-order valence-electron chi connectivity index (χ1n) is 8.24. The van der Waals surface area contributed by atoms with E-state index in [4.69, 9.17) is 0 Å². The summed E-state index contributed by atoms with van der Waals surface area (Å²) in [5.74, 6) is 0.866. The Morgan fingerprint density at radius 2 is 1.86 bits per heavy atom. The molecule has 1 aromatic heterocycles. The lowest BCUT2D eigenvalue weighted by Crippen LogP contribution is -2.22. The second-order valence-corrected chi connectivity index (χ2v) is 7.14. The molecule has 0 spiro atoms. The van der Waals surface area contributed by atoms with Crippen LogP contribution in [0.15, 0.2) is 36.4 Å². The Labute approximate surface area is 132 Å². The van der Waals surface area contributed by atoms with Crippen molar-refractivity contribution in [2.24, 2.45) is 5.92 Å². The van der Waals surface area contributed by atoms with E-state index in [1.54, 1.807) is 0 Å². The molecular formula is C19H25NS. The van der Waals surface area contributed by atoms with Gasteiger partial charge < -0.3 is 5.32 Å². The average molecular weight is 299 g/mol. The fourth-order valence-corrected chi connectivity index (χ4v) is 3.99. The minimum atomic E-state index is 0.582. The average Bonchev–Trinajstić information content (AvgIpc) is 3.25. The van der Waals surface area contributed by atoms with Crippen molar-refractivity contribution in [1.82, 2.24) is 5.32 Å². The lowest BCUT2D eigenvalue weighted by Gasteiger charge is -2.16. The Morgan fingerprint density at radius 1 is 1.10 bits per heavy atom. The summed E-state index contributed by atoms with van der Waals surface area (Å²) in [5, 5.41) is 3.74. The van der Waals surface area contributed by atoms with E-state index in [-0.39, 0.29) is 0 Å². The molecule has 0 bridgehead atoms. The van der Waals surface area contributed by atoms with Gasteiger partial charge in [0.05, 0.1) is 0 Å². The van der Waals surface area contributed by atoms with Gasteiger partial charge in [-0.25, -0.2) is 0 Å². The van der Waals surface area contributed by atoms with E-state index >= 15 is 0 Å². The molecule has 0 saturated heterocycles. The van der Waals surface area contributed by atoms with Crippen molar-refractivity contribution in [2.75, 3.05) is 6.54 Å². The molecule has 1 aromatic carbocycles. The summed E-state index contributed by atoms with van der Waals surface area (Å²) in [6.45, 7) is 5.57. The largest absolute Gasteiger partial charge is 0.309 e. The highest BCUT2D eigenvalue weighted by atomic mass is 32.1. The van der Waals surface area contributed by atoms with Crippen LogP contribution in [0.2, 0.25) is 0 Å². The van der Waals surface area contributed by atoms with Crippen LogP contribution in [-0.2, 0) is 6.42 Å². The minimum Gasteiger partial charge on any atom is -0.309 e. The van der Waals surface area contributed by atoms with Gasteiger partial charge in [0.15, 0.2) is 0 Å². The highest BCUT2D eigenvalue weighted by molar-refractivity contribution is 7.15. The van der Waals surface area contributed by atoms with E-state index in [0.29, 0.717) is 6.04 Å². The van der Waals surface area contributed by atoms with Crippen LogP contribution in [0.1, 0.15) is 49.6 Å². The normalized spacial score (nSPS) is 16.1. The van der Waals surface area contributed by atoms with Gasteiger partial charge in [-0.2, -0.15) is 0 Å². The Bertz CT molecular complexity index is 566. The van der Waals surface area contributed by atoms with Crippen LogP contribution in [0.3, 0.4) is 0 Å². The summed E-state index contributed by atoms with van der Waals surface area (Å²) in [7, 11) is 0. The van der Waals surface area contributed by atoms with Crippen molar-refractivity contribution in [2.45, 2.75) is 45.6 Å². The summed E-state index contributed by atoms with van der Waals surface area (Å²) < 4.78 is 0. The second-order valence-electron chi connectivity index (χ2n) is 6.02. The van der Waals surface area contributed by atoms with E-state index in [1.807, 2.05) is 11.3 Å². The highest BCUT2D eigenvalue weighted by Gasteiger charge is 2.32. The predicted molar refractivity (Wildman–Crippen MR) is 92.9 cm³/mol. The maximum atomic E-state index is 3.74. The summed E-state index contributed by atoms with van der Waals surface area (Å²) in [6, 6.07) is 14.2. The molecule has 0 radical (unpaired) electrons. The number of nitrogens with one attached hydrogen (secondary N) is 1. The van der Waals surface area contributed by atoms with Gasteiger partial charge in [-0.05, 0) is 61.4 Å². The number of benzene rings is 1. The van der Waals surface area contributed by atoms with E-state index in [2.05, 4.69) is 55.6 Å². The molecule has 2 heteroatoms. The Morgan fingerprint density at radius 3 is 2.48 bits per heavy atom. The molecule has 1 N–H and O–H groups in total. The van der Waals surface area contributed by atoms with Crippen molar-refractivity contribution in [3.8, 4) is 10.4 Å². The summed E-state index contributed by atoms with van der Waals surface area (Å²) in [6.07, 6.45) is 5.10. The molecule has 1 aliphatic carbocycles. The summed E-state index contributed by atoms with van der Waals surface area (Å²) in [4.78, 5) is 2.91. The van der Waals surface area contributed by atoms with Crippen molar-refractivity contribution in [3.63, 3.8) is 0 Å². The second kappa shape index (κ2) is 6.76. The first-order valence-corrected chi connectivity index (χ1v) is 9.06. The molecule has 0 amide bonds. The molecule has 0 aliphatic heterocycles. The molecule has 1 fully saturated rings. The molecule has 1 atom stereocenters. The van der Waals surface area contributed by atoms with Crippen molar-refractivity contribution < 1.29 is 0 Å². The van der Waals surface area contributed by atoms with Crippen LogP contribution < -0.4 is 5.32 Å². The third-order valence-electron chi connectivity index (χ3n) is 4.29. The molecule has 3 rings (SSSR count). The van der Waals surface area contributed by atoms with Crippen molar-refractivity contribution >= 4 is 11.3 Å². The zero-order chi connectivity index (χ0) is 14.7. The molecule has 2 aromatic rings. The fourth-order valence-electron chi connectivity index (χ4n) is 2.81. The third-order valence-corrected chi connectivity index (χ3v) is 5.51. The summed E-state index contributed by atoms with van der Waals surface area (Å²) >= 11 is 1.96. The fraction of sp³-hybridized carbons (Fsp3) is 0.474. The van der Waals surface area contributed by atoms with Gasteiger partial charge in [-0.1, -0.05) is 38.1 Å². The lowest BCUT2D eigenvalue weighted by atomic mass is 10.1. The van der Waals surface area contributed by atoms with Gasteiger partial charge in [0.25, 0.3) is 0 Å². The van der Waals surface area contributed by atoms with Crippen molar-refractivity contribution in [3.05, 3.63) is 46.8 Å². The maximum Gasteiger partial charge on any atom is 0.0443 e. The topological polar surface area (TPSA) is 12.0 Å². The Balaban J connectivity index is 1.77. The van der Waals surface area contributed by atoms with Crippen LogP contribution in [0.25, 0.3) is 10.4 Å². The number of hydrogen-bond acceptors (Lipinski definition) is 2. The van der Waals surface area contributed by atoms with Crippen LogP contribution in [0.4, 0.5) is 0 Å². The van der Waals surface area contributed by atoms with Gasteiger partial charge in [0.2, 0.25) is 0 Å². The van der Waals surface area contributed by atoms with Gasteiger partial charge in [0, 0.05) is 15.8 Å². The lowest BCUT2D eigenvalue weighted by molar-refractivity contribution is 0.488. The molecule has 1 aliphatic rings. The van der Waals surface area contributed by atoms with Gasteiger partial charge >= 0.3 is 0 Å². The maximum absolute atomic E-state index is 3.74. The predicted octanol–water partition coefficient (Wildman–Crippen LogP) is 5.43. The van der Waals surface area contributed by atoms with E-state index < -0.39 is 0 Å². The van der Waals surface area contributed by atoms with Gasteiger partial charge in [-0.3, -0.25) is 0 Å². The smallest absolute Gasteiger partial charge is 0.0443 e. The SMILES string of the molecule is CCCNC(c1ccc(-c2ccc(CC)cc2)s1)C1CC1. The number of aryl methyl sites for hydroxylation is 1. The molecular weight excluding hydrogens is 274 g/mol. The first kappa shape index (κ1) is 14.8. The third kappa shape index (κ3) is 3.56. The van der Waals surface area contributed by atoms with Crippen LogP contribution in [-0.4, -0.2) is 6.54 Å². The van der Waals surface area contributed by atoms with Crippen LogP contribution in [0.5, 0.6) is 0 Å². The Hall–Kier alpha value is -1.12. The van der Waals surface area contributed by atoms with E-state index in [1.165, 1.54) is 40.1 Å². The highest BCUT2D eigenvalue weighted by Crippen LogP contribution is 2.44. The van der Waals surface area contributed by atoms with Gasteiger partial charge in [-0.15, -0.1) is 11.3 Å². The molecule has 1 unspecified atom stereocenters. The van der Waals surface area contributed by atoms with Gasteiger partial charge in [0.1, 0.15) is 0 Å². The quantitative estimate of drug-likeness (QED) is 0.719. The van der Waals surface area contributed by atoms with Crippen molar-refractivity contribution in [1.29, 1.82) is 0 Å². The molecule has 112 valence electrons. The standard InChI is InChI=1S/C19H25NS/c1-3-13-20-19(16-9-10-16)18-12-11-17(21-18)15-7-5-14(4-2)6-8-15/h5-8,11-12,16,19-20H,3-4,9-10,13H2,1-2H3. The number of hydrogen-bond donors (Lipinski definition) is 1. The van der Waals surface area contributed by atoms with Crippen LogP contribution >= 0.6 is 11.3 Å². The van der Waals surface area contributed by atoms with E-state index in [9.17, 15) is 0 Å². The monoisotopic (exact) mass is 299 g/mol. The van der Waals surface area contributed by atoms with E-state index in [0.717, 1.165) is 18.9 Å². The zero-order valence-corrected chi connectivity index (χ0v) is 13.9. The Kier molecular flexibility index (Phi) is 4.77. The summed E-state index contributed by atoms with van der Waals surface area (Å²) in [5.41, 5.74) is 2.77. The zero-order valence-electron chi connectivity index (χ0n) is 13.1. The van der Waals surface area contributed by atoms with Crippen LogP contribution in [0, 0.1) is 5.92 Å².